The van der Waals surface area contributed by atoms with E-state index in [9.17, 15) is 10.1 Å². The molecule has 1 aromatic rings. The Bertz CT molecular complexity index is 445. The summed E-state index contributed by atoms with van der Waals surface area (Å²) in [6, 6.07) is 5.44. The van der Waals surface area contributed by atoms with Gasteiger partial charge in [0.25, 0.3) is 5.69 Å². The third kappa shape index (κ3) is 2.63. The van der Waals surface area contributed by atoms with Crippen molar-refractivity contribution in [3.63, 3.8) is 0 Å². The zero-order valence-corrected chi connectivity index (χ0v) is 11.0. The van der Waals surface area contributed by atoms with Gasteiger partial charge in [0.1, 0.15) is 5.69 Å². The number of nitro groups is 1. The average Bonchev–Trinajstić information content (AvgIpc) is 2.71. The minimum atomic E-state index is -0.296. The summed E-state index contributed by atoms with van der Waals surface area (Å²) in [6.45, 7) is 4.89. The fourth-order valence-electron chi connectivity index (χ4n) is 2.81. The molecule has 0 bridgehead atoms. The van der Waals surface area contributed by atoms with Gasteiger partial charge in [-0.1, -0.05) is 31.9 Å². The molecular formula is C14H20N2O2. The topological polar surface area (TPSA) is 55.2 Å². The number of nitrogens with zero attached hydrogens (tertiary/aromatic N) is 1. The molecule has 98 valence electrons. The molecule has 1 aliphatic rings. The van der Waals surface area contributed by atoms with Crippen molar-refractivity contribution in [2.75, 3.05) is 11.9 Å². The number of rotatable bonds is 4. The third-order valence-corrected chi connectivity index (χ3v) is 4.01. The molecule has 0 heterocycles. The van der Waals surface area contributed by atoms with Crippen LogP contribution < -0.4 is 5.32 Å². The highest BCUT2D eigenvalue weighted by molar-refractivity contribution is 5.65. The third-order valence-electron chi connectivity index (χ3n) is 4.01. The van der Waals surface area contributed by atoms with Gasteiger partial charge in [0.2, 0.25) is 0 Å². The molecule has 4 heteroatoms. The second kappa shape index (κ2) is 5.38. The maximum absolute atomic E-state index is 11.1. The van der Waals surface area contributed by atoms with Crippen LogP contribution in [0.3, 0.4) is 0 Å². The van der Waals surface area contributed by atoms with Gasteiger partial charge in [-0.15, -0.1) is 0 Å². The number of hydrogen-bond acceptors (Lipinski definition) is 3. The molecule has 0 aliphatic heterocycles. The minimum Gasteiger partial charge on any atom is -0.379 e. The summed E-state index contributed by atoms with van der Waals surface area (Å²) in [5, 5.41) is 14.3. The fraction of sp³-hybridized carbons (Fsp3) is 0.571. The Morgan fingerprint density at radius 2 is 2.22 bits per heavy atom. The van der Waals surface area contributed by atoms with Gasteiger partial charge in [0, 0.05) is 12.1 Å². The molecule has 1 aromatic carbocycles. The first-order valence-electron chi connectivity index (χ1n) is 6.57. The van der Waals surface area contributed by atoms with Crippen LogP contribution in [0.5, 0.6) is 0 Å². The van der Waals surface area contributed by atoms with Gasteiger partial charge in [0.05, 0.1) is 4.92 Å². The Hall–Kier alpha value is -1.58. The van der Waals surface area contributed by atoms with E-state index in [1.54, 1.807) is 19.1 Å². The van der Waals surface area contributed by atoms with Crippen molar-refractivity contribution in [3.8, 4) is 0 Å². The number of hydrogen-bond donors (Lipinski definition) is 1. The number of benzene rings is 1. The maximum atomic E-state index is 11.1. The predicted molar refractivity (Wildman–Crippen MR) is 72.8 cm³/mol. The minimum absolute atomic E-state index is 0.211. The van der Waals surface area contributed by atoms with Crippen LogP contribution in [-0.2, 0) is 0 Å². The van der Waals surface area contributed by atoms with E-state index in [1.807, 2.05) is 6.07 Å². The van der Waals surface area contributed by atoms with Crippen LogP contribution in [0.1, 0.15) is 31.7 Å². The quantitative estimate of drug-likeness (QED) is 0.652. The lowest BCUT2D eigenvalue weighted by atomic mass is 9.98. The second-order valence-electron chi connectivity index (χ2n) is 5.28. The Kier molecular flexibility index (Phi) is 3.84. The zero-order valence-electron chi connectivity index (χ0n) is 11.0. The van der Waals surface area contributed by atoms with E-state index in [0.717, 1.165) is 12.5 Å². The Labute approximate surface area is 108 Å². The highest BCUT2D eigenvalue weighted by Crippen LogP contribution is 2.33. The van der Waals surface area contributed by atoms with E-state index in [2.05, 4.69) is 12.2 Å². The van der Waals surface area contributed by atoms with Crippen LogP contribution in [0, 0.1) is 28.9 Å². The molecular weight excluding hydrogens is 228 g/mol. The summed E-state index contributed by atoms with van der Waals surface area (Å²) in [7, 11) is 0. The molecule has 1 N–H and O–H groups in total. The molecule has 0 spiro atoms. The van der Waals surface area contributed by atoms with Gasteiger partial charge in [0.15, 0.2) is 0 Å². The van der Waals surface area contributed by atoms with Gasteiger partial charge >= 0.3 is 0 Å². The highest BCUT2D eigenvalue weighted by Gasteiger charge is 2.24. The lowest BCUT2D eigenvalue weighted by Crippen LogP contribution is -2.17. The van der Waals surface area contributed by atoms with Crippen LogP contribution in [0.4, 0.5) is 11.4 Å². The summed E-state index contributed by atoms with van der Waals surface area (Å²) < 4.78 is 0. The molecule has 18 heavy (non-hydrogen) atoms. The molecule has 0 saturated heterocycles. The van der Waals surface area contributed by atoms with Gasteiger partial charge < -0.3 is 5.32 Å². The average molecular weight is 248 g/mol. The molecule has 1 fully saturated rings. The van der Waals surface area contributed by atoms with E-state index in [0.29, 0.717) is 17.2 Å². The fourth-order valence-corrected chi connectivity index (χ4v) is 2.81. The highest BCUT2D eigenvalue weighted by atomic mass is 16.6. The van der Waals surface area contributed by atoms with Crippen molar-refractivity contribution in [2.24, 2.45) is 11.8 Å². The summed E-state index contributed by atoms with van der Waals surface area (Å²) in [4.78, 5) is 10.8. The monoisotopic (exact) mass is 248 g/mol. The molecule has 2 unspecified atom stereocenters. The molecule has 1 saturated carbocycles. The smallest absolute Gasteiger partial charge is 0.295 e. The van der Waals surface area contributed by atoms with Crippen molar-refractivity contribution < 1.29 is 4.92 Å². The zero-order chi connectivity index (χ0) is 13.1. The summed E-state index contributed by atoms with van der Waals surface area (Å²) in [5.41, 5.74) is 1.58. The predicted octanol–water partition coefficient (Wildman–Crippen LogP) is 3.75. The van der Waals surface area contributed by atoms with E-state index < -0.39 is 0 Å². The molecule has 2 atom stereocenters. The summed E-state index contributed by atoms with van der Waals surface area (Å²) in [5.74, 6) is 1.37. The first kappa shape index (κ1) is 12.9. The van der Waals surface area contributed by atoms with E-state index >= 15 is 0 Å². The molecule has 1 aliphatic carbocycles. The van der Waals surface area contributed by atoms with E-state index in [4.69, 9.17) is 0 Å². The molecule has 4 nitrogen and oxygen atoms in total. The van der Waals surface area contributed by atoms with Crippen molar-refractivity contribution in [2.45, 2.75) is 33.1 Å². The van der Waals surface area contributed by atoms with Gasteiger partial charge in [-0.3, -0.25) is 10.1 Å². The van der Waals surface area contributed by atoms with Gasteiger partial charge in [-0.2, -0.15) is 0 Å². The van der Waals surface area contributed by atoms with E-state index in [1.165, 1.54) is 19.3 Å². The first-order valence-corrected chi connectivity index (χ1v) is 6.57. The number of nitrogens with one attached hydrogen (secondary N) is 1. The largest absolute Gasteiger partial charge is 0.379 e. The molecule has 0 radical (unpaired) electrons. The lowest BCUT2D eigenvalue weighted by molar-refractivity contribution is -0.384. The van der Waals surface area contributed by atoms with Crippen molar-refractivity contribution in [1.82, 2.24) is 0 Å². The van der Waals surface area contributed by atoms with Crippen LogP contribution in [-0.4, -0.2) is 11.5 Å². The Morgan fingerprint density at radius 1 is 1.44 bits per heavy atom. The van der Waals surface area contributed by atoms with E-state index in [-0.39, 0.29) is 10.6 Å². The maximum Gasteiger partial charge on any atom is 0.295 e. The van der Waals surface area contributed by atoms with Crippen molar-refractivity contribution in [3.05, 3.63) is 33.9 Å². The van der Waals surface area contributed by atoms with Gasteiger partial charge in [-0.05, 0) is 31.2 Å². The molecule has 0 aromatic heterocycles. The van der Waals surface area contributed by atoms with Crippen LogP contribution >= 0.6 is 0 Å². The second-order valence-corrected chi connectivity index (χ2v) is 5.28. The Balaban J connectivity index is 2.09. The first-order chi connectivity index (χ1) is 8.59. The number of anilines is 1. The number of para-hydroxylation sites is 1. The van der Waals surface area contributed by atoms with Crippen molar-refractivity contribution >= 4 is 11.4 Å². The van der Waals surface area contributed by atoms with Crippen LogP contribution in [0.15, 0.2) is 18.2 Å². The normalized spacial score (nSPS) is 23.0. The molecule has 2 rings (SSSR count). The van der Waals surface area contributed by atoms with Gasteiger partial charge in [-0.25, -0.2) is 0 Å². The standard InChI is InChI=1S/C14H20N2O2/c1-10-5-3-7-12(10)9-15-13-8-4-6-11(2)14(13)16(17)18/h4,6,8,10,12,15H,3,5,7,9H2,1-2H3. The number of aryl methyl sites for hydroxylation is 1. The summed E-state index contributed by atoms with van der Waals surface area (Å²) in [6.07, 6.45) is 3.79. The van der Waals surface area contributed by atoms with Crippen LogP contribution in [0.25, 0.3) is 0 Å². The van der Waals surface area contributed by atoms with Crippen LogP contribution in [0.2, 0.25) is 0 Å². The summed E-state index contributed by atoms with van der Waals surface area (Å²) >= 11 is 0. The SMILES string of the molecule is Cc1cccc(NCC2CCCC2C)c1[N+](=O)[O-]. The lowest BCUT2D eigenvalue weighted by Gasteiger charge is -2.17. The molecule has 0 amide bonds. The number of nitro benzene ring substituents is 1. The Morgan fingerprint density at radius 3 is 2.83 bits per heavy atom. The van der Waals surface area contributed by atoms with Crippen molar-refractivity contribution in [1.29, 1.82) is 0 Å².